The second-order valence-electron chi connectivity index (χ2n) is 11.9. The van der Waals surface area contributed by atoms with Crippen molar-refractivity contribution in [3.63, 3.8) is 0 Å². The average Bonchev–Trinajstić information content (AvgIpc) is 3.10. The number of aryl methyl sites for hydroxylation is 1. The van der Waals surface area contributed by atoms with Gasteiger partial charge in [0.25, 0.3) is 0 Å². The second kappa shape index (κ2) is 23.0. The van der Waals surface area contributed by atoms with Crippen molar-refractivity contribution >= 4 is 10.8 Å². The molecule has 2 aromatic carbocycles. The molecule has 1 aliphatic heterocycles. The maximum absolute atomic E-state index is 5.82. The van der Waals surface area contributed by atoms with E-state index in [4.69, 9.17) is 18.9 Å². The average molecular weight is 648 g/mol. The first kappa shape index (κ1) is 39.8. The van der Waals surface area contributed by atoms with Gasteiger partial charge in [0, 0.05) is 30.3 Å². The molecule has 1 fully saturated rings. The quantitative estimate of drug-likeness (QED) is 0.0925. The predicted molar refractivity (Wildman–Crippen MR) is 196 cm³/mol. The molecule has 1 saturated heterocycles. The fourth-order valence-corrected chi connectivity index (χ4v) is 5.11. The number of benzene rings is 2. The van der Waals surface area contributed by atoms with Gasteiger partial charge in [-0.15, -0.1) is 0 Å². The molecule has 0 spiro atoms. The molecule has 0 N–H and O–H groups in total. The summed E-state index contributed by atoms with van der Waals surface area (Å²) >= 11 is 0. The lowest BCUT2D eigenvalue weighted by Crippen LogP contribution is -2.32. The summed E-state index contributed by atoms with van der Waals surface area (Å²) in [5, 5.41) is 10.7. The Kier molecular flexibility index (Phi) is 19.5. The topological polar surface area (TPSA) is 65.9 Å². The van der Waals surface area contributed by atoms with Crippen LogP contribution in [0.1, 0.15) is 90.6 Å². The zero-order valence-electron chi connectivity index (χ0n) is 30.7. The number of hydrogen-bond acceptors (Lipinski definition) is 7. The van der Waals surface area contributed by atoms with Gasteiger partial charge in [-0.3, -0.25) is 4.90 Å². The third kappa shape index (κ3) is 14.5. The van der Waals surface area contributed by atoms with Gasteiger partial charge >= 0.3 is 0 Å². The van der Waals surface area contributed by atoms with Gasteiger partial charge in [-0.05, 0) is 101 Å². The van der Waals surface area contributed by atoms with Crippen molar-refractivity contribution in [3.8, 4) is 11.5 Å². The highest BCUT2D eigenvalue weighted by atomic mass is 16.5. The summed E-state index contributed by atoms with van der Waals surface area (Å²) in [6.45, 7) is 19.6. The fraction of sp³-hybridized carbons (Fsp3) is 0.550. The molecule has 0 bridgehead atoms. The lowest BCUT2D eigenvalue weighted by molar-refractivity contribution is 0.0308. The van der Waals surface area contributed by atoms with E-state index in [0.717, 1.165) is 71.3 Å². The third-order valence-electron chi connectivity index (χ3n) is 8.10. The monoisotopic (exact) mass is 647 g/mol. The van der Waals surface area contributed by atoms with Crippen LogP contribution in [-0.2, 0) is 22.4 Å². The molecule has 260 valence electrons. The van der Waals surface area contributed by atoms with Crippen molar-refractivity contribution in [2.75, 3.05) is 40.5 Å². The fourth-order valence-electron chi connectivity index (χ4n) is 5.11. The Bertz CT molecular complexity index is 1330. The minimum absolute atomic E-state index is 0.150. The van der Waals surface area contributed by atoms with Gasteiger partial charge in [0.1, 0.15) is 23.9 Å². The van der Waals surface area contributed by atoms with Crippen LogP contribution in [0.5, 0.6) is 11.5 Å². The molecule has 0 saturated carbocycles. The molecule has 47 heavy (non-hydrogen) atoms. The van der Waals surface area contributed by atoms with E-state index in [1.165, 1.54) is 37.9 Å². The Morgan fingerprint density at radius 1 is 0.979 bits per heavy atom. The molecule has 1 atom stereocenters. The van der Waals surface area contributed by atoms with E-state index < -0.39 is 0 Å². The normalized spacial score (nSPS) is 14.6. The van der Waals surface area contributed by atoms with Crippen molar-refractivity contribution in [3.05, 3.63) is 83.4 Å². The minimum Gasteiger partial charge on any atom is -0.501 e. The Balaban J connectivity index is 0.000000311. The first-order valence-corrected chi connectivity index (χ1v) is 17.6. The number of nitrogens with zero attached hydrogens (tertiary/aromatic N) is 3. The van der Waals surface area contributed by atoms with Crippen LogP contribution >= 0.6 is 0 Å². The maximum atomic E-state index is 5.82. The van der Waals surface area contributed by atoms with E-state index in [0.29, 0.717) is 13.0 Å². The maximum Gasteiger partial charge on any atom is 0.119 e. The summed E-state index contributed by atoms with van der Waals surface area (Å²) < 4.78 is 22.3. The second-order valence-corrected chi connectivity index (χ2v) is 11.9. The first-order valence-electron chi connectivity index (χ1n) is 17.6. The van der Waals surface area contributed by atoms with Crippen LogP contribution in [-0.4, -0.2) is 61.7 Å². The van der Waals surface area contributed by atoms with Gasteiger partial charge in [0.2, 0.25) is 0 Å². The van der Waals surface area contributed by atoms with E-state index in [1.54, 1.807) is 14.2 Å². The Hall–Kier alpha value is -3.42. The number of methoxy groups -OCH3 is 2. The van der Waals surface area contributed by atoms with E-state index in [-0.39, 0.29) is 6.10 Å². The molecule has 1 unspecified atom stereocenters. The molecule has 0 aliphatic carbocycles. The van der Waals surface area contributed by atoms with Gasteiger partial charge < -0.3 is 18.9 Å². The highest BCUT2D eigenvalue weighted by molar-refractivity contribution is 5.87. The molecule has 7 nitrogen and oxygen atoms in total. The zero-order chi connectivity index (χ0) is 34.4. The molecule has 0 radical (unpaired) electrons. The summed E-state index contributed by atoms with van der Waals surface area (Å²) in [7, 11) is 3.34. The van der Waals surface area contributed by atoms with Crippen LogP contribution in [0.15, 0.2) is 66.5 Å². The summed E-state index contributed by atoms with van der Waals surface area (Å²) in [5.41, 5.74) is 3.17. The van der Waals surface area contributed by atoms with Gasteiger partial charge in [0.15, 0.2) is 0 Å². The number of hydrogen-bond donors (Lipinski definition) is 0. The Morgan fingerprint density at radius 3 is 2.32 bits per heavy atom. The number of likely N-dealkylation sites (tertiary alicyclic amines) is 1. The minimum atomic E-state index is 0.150. The van der Waals surface area contributed by atoms with Gasteiger partial charge in [-0.1, -0.05) is 65.3 Å². The molecule has 0 amide bonds. The van der Waals surface area contributed by atoms with Gasteiger partial charge in [-0.2, -0.15) is 10.2 Å². The molecule has 2 heterocycles. The SMILES string of the molecule is CC.CC/C=C\C=C(/Cc1nnc(C)c2cc(OC)ccc12)OC.CCCCOC(C)COc1ccc(CN2CCC(C)CC2)cc1. The van der Waals surface area contributed by atoms with E-state index >= 15 is 0 Å². The standard InChI is InChI=1S/C20H33NO2.C18H22N2O2.C2H6/c1-4-5-14-22-18(3)16-23-20-8-6-19(7-9-20)15-21-12-10-17(2)11-13-21;1-5-6-7-8-14(21-3)12-18-16-10-9-15(22-4)11-17(16)13(2)19-20-18;1-2/h6-9,17-18H,4-5,10-16H2,1-3H3;6-11H,5,12H2,1-4H3;1-2H3/b;7-6-,14-8+;. The first-order chi connectivity index (χ1) is 22.9. The Labute approximate surface area is 285 Å². The number of aromatic nitrogens is 2. The molecular formula is C40H61N3O4. The van der Waals surface area contributed by atoms with Crippen molar-refractivity contribution in [2.45, 2.75) is 99.6 Å². The van der Waals surface area contributed by atoms with Gasteiger partial charge in [0.05, 0.1) is 31.7 Å². The number of allylic oxidation sites excluding steroid dienone is 4. The van der Waals surface area contributed by atoms with Crippen LogP contribution in [0, 0.1) is 12.8 Å². The number of ether oxygens (including phenoxy) is 4. The summed E-state index contributed by atoms with van der Waals surface area (Å²) in [6, 6.07) is 14.5. The third-order valence-corrected chi connectivity index (χ3v) is 8.10. The van der Waals surface area contributed by atoms with Crippen LogP contribution in [0.2, 0.25) is 0 Å². The highest BCUT2D eigenvalue weighted by Gasteiger charge is 2.15. The molecule has 1 aromatic heterocycles. The number of unbranched alkanes of at least 4 members (excludes halogenated alkanes) is 1. The van der Waals surface area contributed by atoms with Crippen LogP contribution in [0.25, 0.3) is 10.8 Å². The molecule has 7 heteroatoms. The smallest absolute Gasteiger partial charge is 0.119 e. The van der Waals surface area contributed by atoms with E-state index in [1.807, 2.05) is 51.1 Å². The lowest BCUT2D eigenvalue weighted by atomic mass is 9.99. The van der Waals surface area contributed by atoms with Crippen LogP contribution < -0.4 is 9.47 Å². The molecule has 4 rings (SSSR count). The number of rotatable bonds is 15. The Morgan fingerprint density at radius 2 is 1.68 bits per heavy atom. The van der Waals surface area contributed by atoms with Crippen molar-refractivity contribution in [1.82, 2.24) is 15.1 Å². The number of piperidine rings is 1. The zero-order valence-corrected chi connectivity index (χ0v) is 30.7. The number of fused-ring (bicyclic) bond motifs is 1. The van der Waals surface area contributed by atoms with Crippen molar-refractivity contribution in [2.24, 2.45) is 5.92 Å². The predicted octanol–water partition coefficient (Wildman–Crippen LogP) is 9.51. The largest absolute Gasteiger partial charge is 0.501 e. The summed E-state index contributed by atoms with van der Waals surface area (Å²) in [5.74, 6) is 3.51. The van der Waals surface area contributed by atoms with Crippen molar-refractivity contribution in [1.29, 1.82) is 0 Å². The lowest BCUT2D eigenvalue weighted by Gasteiger charge is -2.30. The molecule has 1 aliphatic rings. The van der Waals surface area contributed by atoms with Crippen molar-refractivity contribution < 1.29 is 18.9 Å². The van der Waals surface area contributed by atoms with Crippen LogP contribution in [0.3, 0.4) is 0 Å². The van der Waals surface area contributed by atoms with Gasteiger partial charge in [-0.25, -0.2) is 0 Å². The van der Waals surface area contributed by atoms with E-state index in [9.17, 15) is 0 Å². The molecular weight excluding hydrogens is 586 g/mol. The highest BCUT2D eigenvalue weighted by Crippen LogP contribution is 2.26. The molecule has 3 aromatic rings. The van der Waals surface area contributed by atoms with E-state index in [2.05, 4.69) is 73.1 Å². The summed E-state index contributed by atoms with van der Waals surface area (Å²) in [6.07, 6.45) is 12.8. The van der Waals surface area contributed by atoms with Crippen LogP contribution in [0.4, 0.5) is 0 Å². The summed E-state index contributed by atoms with van der Waals surface area (Å²) in [4.78, 5) is 2.56.